The number of aromatic amines is 1. The summed E-state index contributed by atoms with van der Waals surface area (Å²) < 4.78 is 12.2. The first-order valence-electron chi connectivity index (χ1n) is 15.7. The molecule has 1 aliphatic heterocycles. The molecule has 9 nitrogen and oxygen atoms in total. The van der Waals surface area contributed by atoms with E-state index in [0.29, 0.717) is 46.6 Å². The normalized spacial score (nSPS) is 15.1. The van der Waals surface area contributed by atoms with Crippen molar-refractivity contribution >= 4 is 40.2 Å². The zero-order valence-corrected chi connectivity index (χ0v) is 27.8. The molecule has 1 saturated heterocycles. The number of aryl methyl sites for hydroxylation is 2. The number of nitrogens with zero attached hydrogens (tertiary/aromatic N) is 2. The first-order chi connectivity index (χ1) is 21.9. The molecule has 2 amide bonds. The van der Waals surface area contributed by atoms with Gasteiger partial charge in [0.25, 0.3) is 5.56 Å². The number of hydrogen-bond donors (Lipinski definition) is 2. The smallest absolute Gasteiger partial charge is 0.410 e. The van der Waals surface area contributed by atoms with Crippen LogP contribution in [0.5, 0.6) is 5.75 Å². The van der Waals surface area contributed by atoms with Crippen molar-refractivity contribution in [2.75, 3.05) is 18.5 Å². The summed E-state index contributed by atoms with van der Waals surface area (Å²) in [6, 6.07) is 14.6. The third-order valence-corrected chi connectivity index (χ3v) is 8.17. The number of ether oxygens (including phenoxy) is 2. The van der Waals surface area contributed by atoms with E-state index >= 15 is 0 Å². The van der Waals surface area contributed by atoms with Crippen molar-refractivity contribution in [3.05, 3.63) is 86.9 Å². The van der Waals surface area contributed by atoms with Crippen molar-refractivity contribution in [1.29, 1.82) is 0 Å². The van der Waals surface area contributed by atoms with Gasteiger partial charge in [-0.15, -0.1) is 0 Å². The fourth-order valence-corrected chi connectivity index (χ4v) is 6.15. The Labute approximate surface area is 274 Å². The number of piperidine rings is 1. The number of carbonyl (C=O) groups excluding carboxylic acids is 2. The molecule has 242 valence electrons. The van der Waals surface area contributed by atoms with Gasteiger partial charge in [0.1, 0.15) is 11.4 Å². The number of benzene rings is 2. The Balaban J connectivity index is 1.50. The number of amides is 2. The highest BCUT2D eigenvalue weighted by atomic mass is 35.5. The largest absolute Gasteiger partial charge is 0.492 e. The van der Waals surface area contributed by atoms with Crippen LogP contribution in [0.1, 0.15) is 63.3 Å². The average Bonchev–Trinajstić information content (AvgIpc) is 2.97. The van der Waals surface area contributed by atoms with Gasteiger partial charge in [-0.2, -0.15) is 0 Å². The quantitative estimate of drug-likeness (QED) is 0.204. The van der Waals surface area contributed by atoms with Gasteiger partial charge in [0.15, 0.2) is 0 Å². The Kier molecular flexibility index (Phi) is 10.0. The summed E-state index contributed by atoms with van der Waals surface area (Å²) in [5.41, 5.74) is 3.72. The molecule has 1 atom stereocenters. The summed E-state index contributed by atoms with van der Waals surface area (Å²) in [7, 11) is 0. The lowest BCUT2D eigenvalue weighted by atomic mass is 9.98. The molecule has 2 aromatic carbocycles. The van der Waals surface area contributed by atoms with Gasteiger partial charge in [-0.3, -0.25) is 14.6 Å². The summed E-state index contributed by atoms with van der Waals surface area (Å²) in [5.74, 6) is 0.112. The molecule has 1 aliphatic rings. The van der Waals surface area contributed by atoms with Crippen LogP contribution in [0, 0.1) is 13.8 Å². The molecule has 2 aromatic heterocycles. The second-order valence-electron chi connectivity index (χ2n) is 12.9. The lowest BCUT2D eigenvalue weighted by molar-refractivity contribution is -0.115. The fraction of sp³-hybridized carbons (Fsp3) is 0.389. The van der Waals surface area contributed by atoms with Crippen LogP contribution in [0.15, 0.2) is 59.5 Å². The molecule has 4 aromatic rings. The van der Waals surface area contributed by atoms with Gasteiger partial charge in [-0.25, -0.2) is 4.79 Å². The molecule has 0 saturated carbocycles. The van der Waals surface area contributed by atoms with E-state index in [9.17, 15) is 14.4 Å². The molecular weight excluding hydrogens is 604 g/mol. The molecule has 3 heterocycles. The second-order valence-corrected chi connectivity index (χ2v) is 13.3. The number of hydrogen-bond acceptors (Lipinski definition) is 6. The number of carbonyl (C=O) groups is 2. The molecule has 2 N–H and O–H groups in total. The van der Waals surface area contributed by atoms with Crippen LogP contribution in [-0.2, 0) is 16.0 Å². The van der Waals surface area contributed by atoms with Gasteiger partial charge in [-0.1, -0.05) is 47.0 Å². The van der Waals surface area contributed by atoms with E-state index in [4.69, 9.17) is 21.1 Å². The molecule has 46 heavy (non-hydrogen) atoms. The minimum absolute atomic E-state index is 0.0579. The van der Waals surface area contributed by atoms with E-state index in [1.165, 1.54) is 0 Å². The highest BCUT2D eigenvalue weighted by Crippen LogP contribution is 2.38. The minimum Gasteiger partial charge on any atom is -0.492 e. The van der Waals surface area contributed by atoms with E-state index < -0.39 is 5.60 Å². The SMILES string of the molecule is Cc1cc(C)cc(-c2c(OCCC3CCCCN3C(=O)OC(C)(C)C)c3cc(NC(=O)Cc4ccccn4)c(Cl)cc3[nH]c2=O)c1. The van der Waals surface area contributed by atoms with Gasteiger partial charge in [-0.05, 0) is 83.7 Å². The van der Waals surface area contributed by atoms with Crippen molar-refractivity contribution in [1.82, 2.24) is 14.9 Å². The molecule has 0 spiro atoms. The first kappa shape index (κ1) is 33.0. The Hall–Kier alpha value is -4.37. The summed E-state index contributed by atoms with van der Waals surface area (Å²) in [6.07, 6.45) is 4.71. The van der Waals surface area contributed by atoms with E-state index in [2.05, 4.69) is 15.3 Å². The standard InChI is InChI=1S/C36H41ClN4O5/c1-22-16-23(2)18-24(17-22)32-33(45-15-12-26-11-7-9-14-41(26)35(44)46-36(3,4)5)27-20-30(28(37)21-29(27)40-34(32)43)39-31(42)19-25-10-6-8-13-38-25/h6,8,10,13,16-18,20-21,26H,7,9,11-12,14-15,19H2,1-5H3,(H,39,42)(H,40,43). The second kappa shape index (κ2) is 14.0. The third kappa shape index (κ3) is 8.07. The number of anilines is 1. The average molecular weight is 645 g/mol. The van der Waals surface area contributed by atoms with Crippen LogP contribution in [-0.4, -0.2) is 51.7 Å². The predicted molar refractivity (Wildman–Crippen MR) is 182 cm³/mol. The molecule has 0 bridgehead atoms. The van der Waals surface area contributed by atoms with Crippen molar-refractivity contribution in [2.24, 2.45) is 0 Å². The van der Waals surface area contributed by atoms with Gasteiger partial charge in [0.2, 0.25) is 5.91 Å². The molecule has 1 fully saturated rings. The van der Waals surface area contributed by atoms with Gasteiger partial charge in [0, 0.05) is 36.3 Å². The zero-order chi connectivity index (χ0) is 33.0. The molecule has 1 unspecified atom stereocenters. The van der Waals surface area contributed by atoms with Gasteiger partial charge in [0.05, 0.1) is 34.8 Å². The van der Waals surface area contributed by atoms with Crippen LogP contribution >= 0.6 is 11.6 Å². The van der Waals surface area contributed by atoms with E-state index in [1.54, 1.807) is 35.4 Å². The van der Waals surface area contributed by atoms with Crippen LogP contribution in [0.25, 0.3) is 22.0 Å². The number of rotatable bonds is 8. The zero-order valence-electron chi connectivity index (χ0n) is 27.0. The van der Waals surface area contributed by atoms with Crippen LogP contribution in [0.4, 0.5) is 10.5 Å². The Bertz CT molecular complexity index is 1780. The molecular formula is C36H41ClN4O5. The van der Waals surface area contributed by atoms with Gasteiger partial charge >= 0.3 is 6.09 Å². The monoisotopic (exact) mass is 644 g/mol. The summed E-state index contributed by atoms with van der Waals surface area (Å²) in [5, 5.41) is 3.77. The summed E-state index contributed by atoms with van der Waals surface area (Å²) >= 11 is 6.61. The Morgan fingerprint density at radius 2 is 1.85 bits per heavy atom. The Morgan fingerprint density at radius 1 is 1.09 bits per heavy atom. The highest BCUT2D eigenvalue weighted by Gasteiger charge is 2.30. The number of halogens is 1. The van der Waals surface area contributed by atoms with Crippen LogP contribution in [0.2, 0.25) is 5.02 Å². The lowest BCUT2D eigenvalue weighted by Crippen LogP contribution is -2.46. The maximum absolute atomic E-state index is 13.7. The van der Waals surface area contributed by atoms with Gasteiger partial charge < -0.3 is 24.7 Å². The number of fused-ring (bicyclic) bond motifs is 1. The predicted octanol–water partition coefficient (Wildman–Crippen LogP) is 7.60. The fourth-order valence-electron chi connectivity index (χ4n) is 5.93. The Morgan fingerprint density at radius 3 is 2.54 bits per heavy atom. The van der Waals surface area contributed by atoms with Crippen molar-refractivity contribution in [3.8, 4) is 16.9 Å². The van der Waals surface area contributed by atoms with E-state index in [0.717, 1.165) is 36.0 Å². The number of nitrogens with one attached hydrogen (secondary N) is 2. The minimum atomic E-state index is -0.591. The first-order valence-corrected chi connectivity index (χ1v) is 16.1. The van der Waals surface area contributed by atoms with Crippen molar-refractivity contribution in [2.45, 2.75) is 78.4 Å². The summed E-state index contributed by atoms with van der Waals surface area (Å²) in [6.45, 7) is 10.4. The molecule has 5 rings (SSSR count). The third-order valence-electron chi connectivity index (χ3n) is 7.86. The highest BCUT2D eigenvalue weighted by molar-refractivity contribution is 6.34. The van der Waals surface area contributed by atoms with E-state index in [1.807, 2.05) is 58.9 Å². The number of pyridine rings is 2. The molecule has 0 aliphatic carbocycles. The molecule has 0 radical (unpaired) electrons. The van der Waals surface area contributed by atoms with E-state index in [-0.39, 0.29) is 41.7 Å². The maximum atomic E-state index is 13.7. The van der Waals surface area contributed by atoms with Crippen LogP contribution < -0.4 is 15.6 Å². The topological polar surface area (TPSA) is 114 Å². The maximum Gasteiger partial charge on any atom is 0.410 e. The van der Waals surface area contributed by atoms with Crippen molar-refractivity contribution in [3.63, 3.8) is 0 Å². The van der Waals surface area contributed by atoms with Crippen molar-refractivity contribution < 1.29 is 19.1 Å². The lowest BCUT2D eigenvalue weighted by Gasteiger charge is -2.36. The number of likely N-dealkylation sites (tertiary alicyclic amines) is 1. The van der Waals surface area contributed by atoms with Crippen LogP contribution in [0.3, 0.4) is 0 Å². The summed E-state index contributed by atoms with van der Waals surface area (Å²) in [4.78, 5) is 48.6. The molecule has 10 heteroatoms. The number of aromatic nitrogens is 2. The number of H-pyrrole nitrogens is 1.